The number of nitrogens with zero attached hydrogens (tertiary/aromatic N) is 1. The molecule has 0 aliphatic carbocycles. The lowest BCUT2D eigenvalue weighted by molar-refractivity contribution is -0.127. The summed E-state index contributed by atoms with van der Waals surface area (Å²) in [6.07, 6.45) is 0.0627. The second-order valence-electron chi connectivity index (χ2n) is 7.71. The van der Waals surface area contributed by atoms with E-state index in [4.69, 9.17) is 9.47 Å². The van der Waals surface area contributed by atoms with Crippen LogP contribution in [0.15, 0.2) is 24.3 Å². The quantitative estimate of drug-likeness (QED) is 0.804. The van der Waals surface area contributed by atoms with Gasteiger partial charge >= 0.3 is 0 Å². The maximum atomic E-state index is 12.6. The number of benzene rings is 1. The van der Waals surface area contributed by atoms with Crippen molar-refractivity contribution in [1.29, 1.82) is 0 Å². The molecular formula is C20H26N2O5. The number of carbonyl (C=O) groups excluding carboxylic acids is 2. The Morgan fingerprint density at radius 2 is 1.74 bits per heavy atom. The highest BCUT2D eigenvalue weighted by molar-refractivity contribution is 5.94. The lowest BCUT2D eigenvalue weighted by Crippen LogP contribution is -2.49. The fourth-order valence-electron chi connectivity index (χ4n) is 4.13. The largest absolute Gasteiger partial charge is 0.388 e. The van der Waals surface area contributed by atoms with Crippen molar-refractivity contribution in [2.45, 2.75) is 44.1 Å². The van der Waals surface area contributed by atoms with Crippen LogP contribution in [-0.2, 0) is 14.3 Å². The van der Waals surface area contributed by atoms with Crippen LogP contribution in [0.1, 0.15) is 28.8 Å². The summed E-state index contributed by atoms with van der Waals surface area (Å²) < 4.78 is 11.1. The number of fused-ring (bicyclic) bond motifs is 1. The van der Waals surface area contributed by atoms with E-state index in [2.05, 4.69) is 5.32 Å². The summed E-state index contributed by atoms with van der Waals surface area (Å²) in [7, 11) is 0. The van der Waals surface area contributed by atoms with Gasteiger partial charge in [0.25, 0.3) is 5.91 Å². The smallest absolute Gasteiger partial charge is 0.253 e. The first-order valence-corrected chi connectivity index (χ1v) is 9.60. The molecule has 27 heavy (non-hydrogen) atoms. The minimum absolute atomic E-state index is 0.0170. The number of hydrogen-bond acceptors (Lipinski definition) is 5. The number of hydrogen-bond donors (Lipinski definition) is 2. The summed E-state index contributed by atoms with van der Waals surface area (Å²) in [5, 5.41) is 12.8. The normalized spacial score (nSPS) is 31.0. The number of aliphatic hydroxyl groups is 1. The summed E-state index contributed by atoms with van der Waals surface area (Å²) >= 11 is 0. The van der Waals surface area contributed by atoms with Crippen molar-refractivity contribution in [3.63, 3.8) is 0 Å². The van der Waals surface area contributed by atoms with Crippen molar-refractivity contribution in [1.82, 2.24) is 10.2 Å². The Labute approximate surface area is 158 Å². The molecule has 1 aromatic carbocycles. The first-order valence-electron chi connectivity index (χ1n) is 9.60. The SMILES string of the molecule is Cc1ccc(C(=O)N2CCC(C(=O)N[C@@H]3CO[C@H]4[C@@H]3OC[C@H]4O)CC2)cc1. The molecule has 0 spiro atoms. The maximum Gasteiger partial charge on any atom is 0.253 e. The van der Waals surface area contributed by atoms with E-state index in [9.17, 15) is 14.7 Å². The number of aryl methyl sites for hydroxylation is 1. The highest BCUT2D eigenvalue weighted by atomic mass is 16.6. The van der Waals surface area contributed by atoms with Gasteiger partial charge < -0.3 is 24.8 Å². The maximum absolute atomic E-state index is 12.6. The molecule has 2 N–H and O–H groups in total. The van der Waals surface area contributed by atoms with Crippen LogP contribution in [0.5, 0.6) is 0 Å². The van der Waals surface area contributed by atoms with Gasteiger partial charge in [0.15, 0.2) is 0 Å². The number of carbonyl (C=O) groups is 2. The Balaban J connectivity index is 1.28. The minimum atomic E-state index is -0.618. The molecule has 3 aliphatic heterocycles. The van der Waals surface area contributed by atoms with Crippen molar-refractivity contribution < 1.29 is 24.2 Å². The molecule has 3 aliphatic rings. The summed E-state index contributed by atoms with van der Waals surface area (Å²) in [6.45, 7) is 3.76. The number of likely N-dealkylation sites (tertiary alicyclic amines) is 1. The van der Waals surface area contributed by atoms with Gasteiger partial charge in [0.1, 0.15) is 18.3 Å². The van der Waals surface area contributed by atoms with Crippen molar-refractivity contribution in [2.24, 2.45) is 5.92 Å². The lowest BCUT2D eigenvalue weighted by Gasteiger charge is -2.32. The standard InChI is InChI=1S/C20H26N2O5/c1-12-2-4-14(5-3-12)20(25)22-8-6-13(7-9-22)19(24)21-15-10-26-18-16(23)11-27-17(15)18/h2-5,13,15-18,23H,6-11H2,1H3,(H,21,24)/t15-,16-,17-,18-/m1/s1. The number of nitrogens with one attached hydrogen (secondary N) is 1. The van der Waals surface area contributed by atoms with Crippen LogP contribution >= 0.6 is 0 Å². The molecule has 4 rings (SSSR count). The Bertz CT molecular complexity index is 699. The van der Waals surface area contributed by atoms with Gasteiger partial charge in [-0.2, -0.15) is 0 Å². The van der Waals surface area contributed by atoms with Crippen LogP contribution in [-0.4, -0.2) is 72.5 Å². The van der Waals surface area contributed by atoms with Crippen LogP contribution in [0.2, 0.25) is 0 Å². The zero-order valence-electron chi connectivity index (χ0n) is 15.5. The first kappa shape index (κ1) is 18.4. The molecule has 3 fully saturated rings. The Morgan fingerprint density at radius 3 is 2.44 bits per heavy atom. The Hall–Kier alpha value is -1.96. The van der Waals surface area contributed by atoms with E-state index in [0.29, 0.717) is 38.1 Å². The lowest BCUT2D eigenvalue weighted by atomic mass is 9.94. The first-order chi connectivity index (χ1) is 13.0. The monoisotopic (exact) mass is 374 g/mol. The molecule has 0 unspecified atom stereocenters. The topological polar surface area (TPSA) is 88.1 Å². The molecule has 0 aromatic heterocycles. The van der Waals surface area contributed by atoms with Crippen LogP contribution < -0.4 is 5.32 Å². The van der Waals surface area contributed by atoms with Gasteiger partial charge in [0.05, 0.1) is 19.3 Å². The molecule has 3 saturated heterocycles. The third-order valence-corrected chi connectivity index (χ3v) is 5.81. The summed E-state index contributed by atoms with van der Waals surface area (Å²) in [6, 6.07) is 7.36. The average Bonchev–Trinajstić information content (AvgIpc) is 3.25. The molecular weight excluding hydrogens is 348 g/mol. The molecule has 1 aromatic rings. The predicted molar refractivity (Wildman–Crippen MR) is 97.2 cm³/mol. The highest BCUT2D eigenvalue weighted by Gasteiger charge is 2.48. The number of ether oxygens (including phenoxy) is 2. The van der Waals surface area contributed by atoms with Gasteiger partial charge in [-0.25, -0.2) is 0 Å². The summed E-state index contributed by atoms with van der Waals surface area (Å²) in [5.74, 6) is -0.108. The average molecular weight is 374 g/mol. The predicted octanol–water partition coefficient (Wildman–Crippen LogP) is 0.491. The number of rotatable bonds is 3. The van der Waals surface area contributed by atoms with Crippen molar-refractivity contribution in [3.8, 4) is 0 Å². The molecule has 7 nitrogen and oxygen atoms in total. The van der Waals surface area contributed by atoms with E-state index in [0.717, 1.165) is 5.56 Å². The van der Waals surface area contributed by atoms with E-state index >= 15 is 0 Å². The highest BCUT2D eigenvalue weighted by Crippen LogP contribution is 2.28. The molecule has 7 heteroatoms. The van der Waals surface area contributed by atoms with Crippen LogP contribution in [0.4, 0.5) is 0 Å². The van der Waals surface area contributed by atoms with Crippen LogP contribution in [0.25, 0.3) is 0 Å². The summed E-state index contributed by atoms with van der Waals surface area (Å²) in [4.78, 5) is 27.0. The van der Waals surface area contributed by atoms with Gasteiger partial charge in [0, 0.05) is 24.6 Å². The van der Waals surface area contributed by atoms with E-state index in [1.807, 2.05) is 36.1 Å². The number of piperidine rings is 1. The van der Waals surface area contributed by atoms with Crippen LogP contribution in [0.3, 0.4) is 0 Å². The number of amides is 2. The molecule has 0 radical (unpaired) electrons. The fraction of sp³-hybridized carbons (Fsp3) is 0.600. The third kappa shape index (κ3) is 3.72. The second kappa shape index (κ2) is 7.58. The molecule has 3 heterocycles. The Morgan fingerprint density at radius 1 is 1.07 bits per heavy atom. The minimum Gasteiger partial charge on any atom is -0.388 e. The molecule has 0 saturated carbocycles. The van der Waals surface area contributed by atoms with E-state index < -0.39 is 6.10 Å². The summed E-state index contributed by atoms with van der Waals surface area (Å²) in [5.41, 5.74) is 1.81. The van der Waals surface area contributed by atoms with E-state index in [-0.39, 0.29) is 42.6 Å². The molecule has 2 amide bonds. The zero-order chi connectivity index (χ0) is 19.0. The fourth-order valence-corrected chi connectivity index (χ4v) is 4.13. The van der Waals surface area contributed by atoms with Crippen molar-refractivity contribution in [3.05, 3.63) is 35.4 Å². The molecule has 4 atom stereocenters. The second-order valence-corrected chi connectivity index (χ2v) is 7.71. The molecule has 146 valence electrons. The van der Waals surface area contributed by atoms with E-state index in [1.165, 1.54) is 0 Å². The van der Waals surface area contributed by atoms with Crippen molar-refractivity contribution in [2.75, 3.05) is 26.3 Å². The third-order valence-electron chi connectivity index (χ3n) is 5.81. The van der Waals surface area contributed by atoms with Gasteiger partial charge in [-0.05, 0) is 31.9 Å². The molecule has 0 bridgehead atoms. The van der Waals surface area contributed by atoms with Gasteiger partial charge in [-0.1, -0.05) is 17.7 Å². The van der Waals surface area contributed by atoms with Gasteiger partial charge in [-0.15, -0.1) is 0 Å². The van der Waals surface area contributed by atoms with Gasteiger partial charge in [-0.3, -0.25) is 9.59 Å². The van der Waals surface area contributed by atoms with E-state index in [1.54, 1.807) is 0 Å². The van der Waals surface area contributed by atoms with Crippen molar-refractivity contribution >= 4 is 11.8 Å². The van der Waals surface area contributed by atoms with Crippen LogP contribution in [0, 0.1) is 12.8 Å². The van der Waals surface area contributed by atoms with Gasteiger partial charge in [0.2, 0.25) is 5.91 Å². The Kier molecular flexibility index (Phi) is 5.16. The number of aliphatic hydroxyl groups excluding tert-OH is 1. The zero-order valence-corrected chi connectivity index (χ0v) is 15.5.